The van der Waals surface area contributed by atoms with E-state index in [1.54, 1.807) is 0 Å². The maximum atomic E-state index is 12.0. The number of carbonyl (C=O) groups excluding carboxylic acids is 1. The molecule has 3 N–H and O–H groups in total. The van der Waals surface area contributed by atoms with Crippen LogP contribution in [0.5, 0.6) is 0 Å². The fourth-order valence-electron chi connectivity index (χ4n) is 2.08. The molecule has 0 saturated carbocycles. The third kappa shape index (κ3) is 2.66. The van der Waals surface area contributed by atoms with Gasteiger partial charge in [-0.25, -0.2) is 0 Å². The smallest absolute Gasteiger partial charge is 0.230 e. The summed E-state index contributed by atoms with van der Waals surface area (Å²) in [5, 5.41) is 13.1. The molecule has 0 aliphatic carbocycles. The van der Waals surface area contributed by atoms with E-state index in [1.807, 2.05) is 6.07 Å². The van der Waals surface area contributed by atoms with Crippen LogP contribution >= 0.6 is 0 Å². The predicted octanol–water partition coefficient (Wildman–Crippen LogP) is 1.33. The van der Waals surface area contributed by atoms with E-state index in [4.69, 9.17) is 0 Å². The molecule has 2 rings (SSSR count). The van der Waals surface area contributed by atoms with Crippen molar-refractivity contribution < 1.29 is 4.79 Å². The fraction of sp³-hybridized carbons (Fsp3) is 0.667. The molecule has 1 fully saturated rings. The van der Waals surface area contributed by atoms with Crippen molar-refractivity contribution in [3.63, 3.8) is 0 Å². The van der Waals surface area contributed by atoms with Gasteiger partial charge in [-0.3, -0.25) is 9.89 Å². The van der Waals surface area contributed by atoms with Crippen LogP contribution in [0.4, 0.5) is 5.82 Å². The van der Waals surface area contributed by atoms with Crippen molar-refractivity contribution in [1.29, 1.82) is 0 Å². The van der Waals surface area contributed by atoms with E-state index in [-0.39, 0.29) is 11.8 Å². The average molecular weight is 236 g/mol. The molecule has 0 spiro atoms. The Labute approximate surface area is 101 Å². The lowest BCUT2D eigenvalue weighted by molar-refractivity contribution is -0.120. The molecule has 0 bridgehead atoms. The third-order valence-electron chi connectivity index (χ3n) is 3.33. The zero-order chi connectivity index (χ0) is 12.4. The number of carbonyl (C=O) groups is 1. The minimum Gasteiger partial charge on any atom is -0.316 e. The number of nitrogens with zero attached hydrogens (tertiary/aromatic N) is 1. The Morgan fingerprint density at radius 1 is 1.53 bits per heavy atom. The Balaban J connectivity index is 1.97. The first-order valence-corrected chi connectivity index (χ1v) is 6.15. The highest BCUT2D eigenvalue weighted by Gasteiger charge is 2.29. The Morgan fingerprint density at radius 2 is 2.29 bits per heavy atom. The summed E-state index contributed by atoms with van der Waals surface area (Å²) < 4.78 is 0. The second kappa shape index (κ2) is 4.87. The Morgan fingerprint density at radius 3 is 2.82 bits per heavy atom. The summed E-state index contributed by atoms with van der Waals surface area (Å²) in [6, 6.07) is 1.90. The lowest BCUT2D eigenvalue weighted by Gasteiger charge is -2.12. The van der Waals surface area contributed by atoms with Gasteiger partial charge in [0.05, 0.1) is 5.92 Å². The number of rotatable bonds is 3. The van der Waals surface area contributed by atoms with E-state index in [0.717, 1.165) is 18.8 Å². The van der Waals surface area contributed by atoms with Crippen molar-refractivity contribution in [2.45, 2.75) is 26.7 Å². The summed E-state index contributed by atoms with van der Waals surface area (Å²) in [6.45, 7) is 7.93. The quantitative estimate of drug-likeness (QED) is 0.741. The number of amides is 1. The van der Waals surface area contributed by atoms with Gasteiger partial charge in [0.15, 0.2) is 5.82 Å². The normalized spacial score (nSPS) is 24.2. The van der Waals surface area contributed by atoms with Gasteiger partial charge >= 0.3 is 0 Å². The number of aromatic amines is 1. The minimum absolute atomic E-state index is 0.0502. The van der Waals surface area contributed by atoms with Gasteiger partial charge in [0, 0.05) is 18.3 Å². The van der Waals surface area contributed by atoms with Crippen LogP contribution in [0.25, 0.3) is 0 Å². The molecule has 94 valence electrons. The molecule has 1 aliphatic heterocycles. The second-order valence-corrected chi connectivity index (χ2v) is 5.09. The van der Waals surface area contributed by atoms with E-state index in [2.05, 4.69) is 41.6 Å². The van der Waals surface area contributed by atoms with Crippen molar-refractivity contribution in [1.82, 2.24) is 15.5 Å². The molecule has 2 unspecified atom stereocenters. The van der Waals surface area contributed by atoms with Crippen LogP contribution in [0.1, 0.15) is 32.4 Å². The molecule has 5 heteroatoms. The number of hydrogen-bond acceptors (Lipinski definition) is 3. The van der Waals surface area contributed by atoms with Crippen molar-refractivity contribution in [2.24, 2.45) is 11.8 Å². The van der Waals surface area contributed by atoms with Gasteiger partial charge in [-0.1, -0.05) is 20.8 Å². The van der Waals surface area contributed by atoms with Crippen LogP contribution in [0.3, 0.4) is 0 Å². The van der Waals surface area contributed by atoms with Crippen LogP contribution in [0.2, 0.25) is 0 Å². The summed E-state index contributed by atoms with van der Waals surface area (Å²) >= 11 is 0. The SMILES string of the molecule is CC(C)c1cc(NC(=O)C2CNCC2C)n[nH]1. The number of nitrogens with one attached hydrogen (secondary N) is 3. The molecule has 1 aliphatic rings. The lowest BCUT2D eigenvalue weighted by Crippen LogP contribution is -2.27. The molecule has 5 nitrogen and oxygen atoms in total. The van der Waals surface area contributed by atoms with Gasteiger partial charge in [-0.2, -0.15) is 5.10 Å². The van der Waals surface area contributed by atoms with Crippen LogP contribution in [-0.2, 0) is 4.79 Å². The fourth-order valence-corrected chi connectivity index (χ4v) is 2.08. The van der Waals surface area contributed by atoms with E-state index in [1.165, 1.54) is 0 Å². The summed E-state index contributed by atoms with van der Waals surface area (Å²) in [5.41, 5.74) is 1.04. The summed E-state index contributed by atoms with van der Waals surface area (Å²) in [5.74, 6) is 1.51. The predicted molar refractivity (Wildman–Crippen MR) is 66.8 cm³/mol. The van der Waals surface area contributed by atoms with Crippen LogP contribution in [-0.4, -0.2) is 29.2 Å². The molecule has 17 heavy (non-hydrogen) atoms. The lowest BCUT2D eigenvalue weighted by atomic mass is 9.97. The Kier molecular flexibility index (Phi) is 3.47. The minimum atomic E-state index is 0.0502. The molecular weight excluding hydrogens is 216 g/mol. The van der Waals surface area contributed by atoms with Gasteiger partial charge in [0.25, 0.3) is 0 Å². The first-order chi connectivity index (χ1) is 8.08. The van der Waals surface area contributed by atoms with Crippen LogP contribution in [0.15, 0.2) is 6.07 Å². The standard InChI is InChI=1S/C12H20N4O/c1-7(2)10-4-11(16-15-10)14-12(17)9-6-13-5-8(9)3/h4,7-9,13H,5-6H2,1-3H3,(H2,14,15,16,17). The largest absolute Gasteiger partial charge is 0.316 e. The van der Waals surface area contributed by atoms with E-state index in [0.29, 0.717) is 17.7 Å². The van der Waals surface area contributed by atoms with Crippen LogP contribution < -0.4 is 10.6 Å². The molecule has 2 atom stereocenters. The molecule has 1 aromatic rings. The van der Waals surface area contributed by atoms with Gasteiger partial charge < -0.3 is 10.6 Å². The van der Waals surface area contributed by atoms with Gasteiger partial charge in [0.1, 0.15) is 0 Å². The molecule has 1 saturated heterocycles. The number of H-pyrrole nitrogens is 1. The molecule has 1 amide bonds. The van der Waals surface area contributed by atoms with Crippen molar-refractivity contribution in [2.75, 3.05) is 18.4 Å². The molecule has 0 radical (unpaired) electrons. The number of aromatic nitrogens is 2. The Bertz CT molecular complexity index is 399. The molecular formula is C12H20N4O. The van der Waals surface area contributed by atoms with Gasteiger partial charge in [-0.15, -0.1) is 0 Å². The molecule has 1 aromatic heterocycles. The highest BCUT2D eigenvalue weighted by atomic mass is 16.2. The first kappa shape index (κ1) is 12.1. The van der Waals surface area contributed by atoms with Crippen LogP contribution in [0, 0.1) is 11.8 Å². The third-order valence-corrected chi connectivity index (χ3v) is 3.33. The van der Waals surface area contributed by atoms with E-state index >= 15 is 0 Å². The van der Waals surface area contributed by atoms with E-state index < -0.39 is 0 Å². The monoisotopic (exact) mass is 236 g/mol. The molecule has 2 heterocycles. The number of hydrogen-bond donors (Lipinski definition) is 3. The summed E-state index contributed by atoms with van der Waals surface area (Å²) in [6.07, 6.45) is 0. The Hall–Kier alpha value is -1.36. The maximum Gasteiger partial charge on any atom is 0.230 e. The summed E-state index contributed by atoms with van der Waals surface area (Å²) in [7, 11) is 0. The first-order valence-electron chi connectivity index (χ1n) is 6.15. The zero-order valence-electron chi connectivity index (χ0n) is 10.6. The van der Waals surface area contributed by atoms with E-state index in [9.17, 15) is 4.79 Å². The zero-order valence-corrected chi connectivity index (χ0v) is 10.6. The average Bonchev–Trinajstić information content (AvgIpc) is 2.86. The summed E-state index contributed by atoms with van der Waals surface area (Å²) in [4.78, 5) is 12.0. The maximum absolute atomic E-state index is 12.0. The van der Waals surface area contributed by atoms with Gasteiger partial charge in [-0.05, 0) is 18.4 Å². The number of anilines is 1. The van der Waals surface area contributed by atoms with Crippen molar-refractivity contribution >= 4 is 11.7 Å². The topological polar surface area (TPSA) is 69.8 Å². The highest BCUT2D eigenvalue weighted by molar-refractivity contribution is 5.92. The second-order valence-electron chi connectivity index (χ2n) is 5.09. The van der Waals surface area contributed by atoms with Crippen molar-refractivity contribution in [3.8, 4) is 0 Å². The highest BCUT2D eigenvalue weighted by Crippen LogP contribution is 2.19. The van der Waals surface area contributed by atoms with Crippen molar-refractivity contribution in [3.05, 3.63) is 11.8 Å². The van der Waals surface area contributed by atoms with Gasteiger partial charge in [0.2, 0.25) is 5.91 Å². The molecule has 0 aromatic carbocycles.